The Morgan fingerprint density at radius 1 is 0.886 bits per heavy atom. The Balaban J connectivity index is 1.53. The normalized spacial score (nSPS) is 13.2. The van der Waals surface area contributed by atoms with Gasteiger partial charge in [-0.25, -0.2) is 4.98 Å². The maximum atomic E-state index is 13.9. The standard InChI is InChI=1S/C35H41N5O4/c1-24(2)17-30(22-41)39-35(44)32(20-29-21-36-23-38-29)40-34(43)28(18-27-13-8-12-26-11-6-7-14-31(26)27)19-33(42)37-16-15-25-9-4-3-5-10-25/h3-14,21-24,28,30,32H,15-20H2,1-2H3,(H,36,38)(H,37,42)(H,39,44)(H,40,43)/t28?,30-,32-/m0/s1. The smallest absolute Gasteiger partial charge is 0.243 e. The summed E-state index contributed by atoms with van der Waals surface area (Å²) >= 11 is 0. The fraction of sp³-hybridized carbons (Fsp3) is 0.343. The number of nitrogens with one attached hydrogen (secondary N) is 4. The Morgan fingerprint density at radius 3 is 2.36 bits per heavy atom. The van der Waals surface area contributed by atoms with Gasteiger partial charge in [-0.05, 0) is 47.1 Å². The third kappa shape index (κ3) is 9.62. The van der Waals surface area contributed by atoms with E-state index in [9.17, 15) is 19.2 Å². The number of benzene rings is 3. The average Bonchev–Trinajstić information content (AvgIpc) is 3.53. The molecule has 1 aromatic heterocycles. The van der Waals surface area contributed by atoms with Crippen molar-refractivity contribution in [1.29, 1.82) is 0 Å². The Kier molecular flexibility index (Phi) is 11.8. The quantitative estimate of drug-likeness (QED) is 0.146. The van der Waals surface area contributed by atoms with Gasteiger partial charge >= 0.3 is 0 Å². The van der Waals surface area contributed by atoms with Crippen molar-refractivity contribution in [3.63, 3.8) is 0 Å². The van der Waals surface area contributed by atoms with E-state index in [4.69, 9.17) is 0 Å². The van der Waals surface area contributed by atoms with Crippen LogP contribution in [0.3, 0.4) is 0 Å². The van der Waals surface area contributed by atoms with Crippen LogP contribution in [0.4, 0.5) is 0 Å². The van der Waals surface area contributed by atoms with E-state index in [0.717, 1.165) is 21.9 Å². The third-order valence-electron chi connectivity index (χ3n) is 7.55. The summed E-state index contributed by atoms with van der Waals surface area (Å²) in [5, 5.41) is 10.7. The largest absolute Gasteiger partial charge is 0.356 e. The number of carbonyl (C=O) groups is 4. The van der Waals surface area contributed by atoms with Gasteiger partial charge in [-0.1, -0.05) is 86.6 Å². The summed E-state index contributed by atoms with van der Waals surface area (Å²) in [7, 11) is 0. The molecule has 1 unspecified atom stereocenters. The summed E-state index contributed by atoms with van der Waals surface area (Å²) in [6, 6.07) is 22.0. The zero-order chi connectivity index (χ0) is 31.3. The molecule has 0 saturated carbocycles. The van der Waals surface area contributed by atoms with Crippen LogP contribution >= 0.6 is 0 Å². The lowest BCUT2D eigenvalue weighted by Gasteiger charge is -2.24. The lowest BCUT2D eigenvalue weighted by molar-refractivity contribution is -0.133. The molecule has 3 amide bonds. The lowest BCUT2D eigenvalue weighted by Crippen LogP contribution is -2.53. The maximum Gasteiger partial charge on any atom is 0.243 e. The van der Waals surface area contributed by atoms with Crippen LogP contribution in [0.5, 0.6) is 0 Å². The predicted molar refractivity (Wildman–Crippen MR) is 171 cm³/mol. The molecule has 230 valence electrons. The van der Waals surface area contributed by atoms with Crippen molar-refractivity contribution in [3.8, 4) is 0 Å². The molecule has 0 fully saturated rings. The van der Waals surface area contributed by atoms with Crippen LogP contribution in [-0.2, 0) is 38.4 Å². The highest BCUT2D eigenvalue weighted by atomic mass is 16.2. The highest BCUT2D eigenvalue weighted by Gasteiger charge is 2.29. The summed E-state index contributed by atoms with van der Waals surface area (Å²) in [4.78, 5) is 59.3. The lowest BCUT2D eigenvalue weighted by atomic mass is 9.91. The van der Waals surface area contributed by atoms with Gasteiger partial charge in [0.05, 0.1) is 24.0 Å². The van der Waals surface area contributed by atoms with Crippen molar-refractivity contribution in [2.75, 3.05) is 6.54 Å². The fourth-order valence-corrected chi connectivity index (χ4v) is 5.33. The summed E-state index contributed by atoms with van der Waals surface area (Å²) < 4.78 is 0. The maximum absolute atomic E-state index is 13.9. The molecule has 9 nitrogen and oxygen atoms in total. The van der Waals surface area contributed by atoms with Gasteiger partial charge < -0.3 is 25.7 Å². The van der Waals surface area contributed by atoms with Crippen LogP contribution in [0.15, 0.2) is 85.3 Å². The number of rotatable bonds is 16. The molecule has 0 saturated heterocycles. The molecule has 9 heteroatoms. The first kappa shape index (κ1) is 32.1. The van der Waals surface area contributed by atoms with Crippen molar-refractivity contribution in [1.82, 2.24) is 25.9 Å². The number of fused-ring (bicyclic) bond motifs is 1. The van der Waals surface area contributed by atoms with Crippen LogP contribution < -0.4 is 16.0 Å². The van der Waals surface area contributed by atoms with Gasteiger partial charge in [0, 0.05) is 25.6 Å². The van der Waals surface area contributed by atoms with Crippen molar-refractivity contribution >= 4 is 34.8 Å². The summed E-state index contributed by atoms with van der Waals surface area (Å²) in [5.74, 6) is -1.69. The Hall–Kier alpha value is -4.79. The molecule has 0 spiro atoms. The molecule has 0 aliphatic heterocycles. The second-order valence-corrected chi connectivity index (χ2v) is 11.5. The van der Waals surface area contributed by atoms with Crippen LogP contribution in [0.2, 0.25) is 0 Å². The minimum absolute atomic E-state index is 0.0507. The van der Waals surface area contributed by atoms with E-state index in [2.05, 4.69) is 25.9 Å². The van der Waals surface area contributed by atoms with Crippen LogP contribution in [0.1, 0.15) is 43.5 Å². The number of carbonyl (C=O) groups excluding carboxylic acids is 4. The highest BCUT2D eigenvalue weighted by molar-refractivity contribution is 5.92. The van der Waals surface area contributed by atoms with Gasteiger partial charge in [0.15, 0.2) is 0 Å². The number of aromatic amines is 1. The molecule has 0 aliphatic rings. The molecule has 44 heavy (non-hydrogen) atoms. The molecule has 0 aliphatic carbocycles. The molecular formula is C35H41N5O4. The number of aldehydes is 1. The zero-order valence-electron chi connectivity index (χ0n) is 25.3. The van der Waals surface area contributed by atoms with Gasteiger partial charge in [0.25, 0.3) is 0 Å². The number of imidazole rings is 1. The minimum Gasteiger partial charge on any atom is -0.356 e. The van der Waals surface area contributed by atoms with E-state index in [1.165, 1.54) is 6.33 Å². The summed E-state index contributed by atoms with van der Waals surface area (Å²) in [5.41, 5.74) is 2.63. The van der Waals surface area contributed by atoms with E-state index in [1.54, 1.807) is 6.20 Å². The van der Waals surface area contributed by atoms with Gasteiger partial charge in [-0.3, -0.25) is 14.4 Å². The van der Waals surface area contributed by atoms with Gasteiger partial charge in [-0.2, -0.15) is 0 Å². The Morgan fingerprint density at radius 2 is 1.64 bits per heavy atom. The predicted octanol–water partition coefficient (Wildman–Crippen LogP) is 3.93. The van der Waals surface area contributed by atoms with Crippen molar-refractivity contribution in [2.24, 2.45) is 11.8 Å². The number of aromatic nitrogens is 2. The summed E-state index contributed by atoms with van der Waals surface area (Å²) in [6.45, 7) is 4.38. The van der Waals surface area contributed by atoms with Gasteiger partial charge in [-0.15, -0.1) is 0 Å². The number of H-pyrrole nitrogens is 1. The third-order valence-corrected chi connectivity index (χ3v) is 7.55. The first-order valence-electron chi connectivity index (χ1n) is 15.1. The van der Waals surface area contributed by atoms with Crippen LogP contribution in [0.25, 0.3) is 10.8 Å². The fourth-order valence-electron chi connectivity index (χ4n) is 5.33. The average molecular weight is 596 g/mol. The SMILES string of the molecule is CC(C)C[C@@H](C=O)NC(=O)[C@H](Cc1c[nH]cn1)NC(=O)C(CC(=O)NCCc1ccccc1)Cc1cccc2ccccc12. The van der Waals surface area contributed by atoms with Crippen molar-refractivity contribution < 1.29 is 19.2 Å². The zero-order valence-corrected chi connectivity index (χ0v) is 25.3. The van der Waals surface area contributed by atoms with E-state index in [0.29, 0.717) is 37.8 Å². The number of nitrogens with zero attached hydrogens (tertiary/aromatic N) is 1. The summed E-state index contributed by atoms with van der Waals surface area (Å²) in [6.07, 6.45) is 5.41. The molecule has 3 atom stereocenters. The molecule has 3 aromatic carbocycles. The molecule has 4 N–H and O–H groups in total. The monoisotopic (exact) mass is 595 g/mol. The number of hydrogen-bond acceptors (Lipinski definition) is 5. The first-order chi connectivity index (χ1) is 21.3. The molecular weight excluding hydrogens is 554 g/mol. The van der Waals surface area contributed by atoms with E-state index < -0.39 is 29.8 Å². The van der Waals surface area contributed by atoms with Crippen LogP contribution in [0, 0.1) is 11.8 Å². The molecule has 1 heterocycles. The van der Waals surface area contributed by atoms with E-state index >= 15 is 0 Å². The topological polar surface area (TPSA) is 133 Å². The van der Waals surface area contributed by atoms with Gasteiger partial charge in [0.2, 0.25) is 17.7 Å². The van der Waals surface area contributed by atoms with E-state index in [1.807, 2.05) is 86.6 Å². The first-order valence-corrected chi connectivity index (χ1v) is 15.1. The number of hydrogen-bond donors (Lipinski definition) is 4. The van der Waals surface area contributed by atoms with Crippen molar-refractivity contribution in [2.45, 2.75) is 58.0 Å². The van der Waals surface area contributed by atoms with Crippen LogP contribution in [-0.4, -0.2) is 52.6 Å². The van der Waals surface area contributed by atoms with Gasteiger partial charge in [0.1, 0.15) is 12.3 Å². The Labute approximate surface area is 258 Å². The second-order valence-electron chi connectivity index (χ2n) is 11.5. The number of amides is 3. The second kappa shape index (κ2) is 16.2. The molecule has 0 bridgehead atoms. The molecule has 4 rings (SSSR count). The van der Waals surface area contributed by atoms with E-state index in [-0.39, 0.29) is 24.7 Å². The van der Waals surface area contributed by atoms with Crippen molar-refractivity contribution in [3.05, 3.63) is 102 Å². The molecule has 4 aromatic rings. The minimum atomic E-state index is -0.989. The highest BCUT2D eigenvalue weighted by Crippen LogP contribution is 2.23. The molecule has 0 radical (unpaired) electrons. The Bertz CT molecular complexity index is 1520.